The van der Waals surface area contributed by atoms with Gasteiger partial charge in [0.1, 0.15) is 24.4 Å². The van der Waals surface area contributed by atoms with Gasteiger partial charge in [0.2, 0.25) is 5.91 Å². The van der Waals surface area contributed by atoms with E-state index in [1.165, 1.54) is 89.9 Å². The highest BCUT2D eigenvalue weighted by atomic mass is 16.7. The molecular formula is C67H113NO10. The summed E-state index contributed by atoms with van der Waals surface area (Å²) in [6.07, 6.45) is 62.6. The fourth-order valence-electron chi connectivity index (χ4n) is 8.91. The van der Waals surface area contributed by atoms with Gasteiger partial charge in [-0.1, -0.05) is 226 Å². The fourth-order valence-corrected chi connectivity index (χ4v) is 8.91. The highest BCUT2D eigenvalue weighted by Crippen LogP contribution is 2.26. The smallest absolute Gasteiger partial charge is 0.306 e. The Kier molecular flexibility index (Phi) is 50.0. The summed E-state index contributed by atoms with van der Waals surface area (Å²) >= 11 is 0. The summed E-state index contributed by atoms with van der Waals surface area (Å²) in [5.74, 6) is -1.27. The maximum absolute atomic E-state index is 13.4. The average molecular weight is 1090 g/mol. The molecule has 78 heavy (non-hydrogen) atoms. The molecule has 6 N–H and O–H groups in total. The molecule has 0 bridgehead atoms. The summed E-state index contributed by atoms with van der Waals surface area (Å²) < 4.78 is 17.6. The topological polar surface area (TPSA) is 175 Å². The van der Waals surface area contributed by atoms with Crippen LogP contribution in [0.3, 0.4) is 0 Å². The van der Waals surface area contributed by atoms with E-state index in [1.807, 2.05) is 6.08 Å². The van der Waals surface area contributed by atoms with E-state index in [9.17, 15) is 35.1 Å². The molecule has 0 spiro atoms. The molecule has 0 radical (unpaired) electrons. The molecule has 1 heterocycles. The number of unbranched alkanes of at least 4 members (excludes halogenated alkanes) is 21. The number of esters is 1. The van der Waals surface area contributed by atoms with E-state index in [-0.39, 0.29) is 19.4 Å². The van der Waals surface area contributed by atoms with Gasteiger partial charge in [-0.15, -0.1) is 0 Å². The van der Waals surface area contributed by atoms with Gasteiger partial charge >= 0.3 is 5.97 Å². The normalized spacial score (nSPS) is 19.7. The van der Waals surface area contributed by atoms with E-state index in [4.69, 9.17) is 14.2 Å². The highest BCUT2D eigenvalue weighted by molar-refractivity contribution is 5.80. The van der Waals surface area contributed by atoms with E-state index < -0.39 is 67.4 Å². The predicted octanol–water partition coefficient (Wildman–Crippen LogP) is 14.9. The van der Waals surface area contributed by atoms with Gasteiger partial charge in [-0.05, 0) is 116 Å². The number of ether oxygens (including phenoxy) is 3. The zero-order valence-electron chi connectivity index (χ0n) is 49.2. The van der Waals surface area contributed by atoms with Crippen molar-refractivity contribution in [2.45, 2.75) is 288 Å². The molecule has 1 aliphatic heterocycles. The largest absolute Gasteiger partial charge is 0.454 e. The van der Waals surface area contributed by atoms with E-state index in [0.29, 0.717) is 12.8 Å². The minimum atomic E-state index is -1.64. The molecule has 0 saturated carbocycles. The summed E-state index contributed by atoms with van der Waals surface area (Å²) in [6.45, 7) is 5.68. The molecule has 1 amide bonds. The maximum Gasteiger partial charge on any atom is 0.306 e. The van der Waals surface area contributed by atoms with Crippen molar-refractivity contribution in [2.75, 3.05) is 13.2 Å². The van der Waals surface area contributed by atoms with Gasteiger partial charge in [0.05, 0.1) is 25.4 Å². The maximum atomic E-state index is 13.4. The van der Waals surface area contributed by atoms with Crippen LogP contribution >= 0.6 is 0 Å². The van der Waals surface area contributed by atoms with Gasteiger partial charge in [0.15, 0.2) is 12.4 Å². The van der Waals surface area contributed by atoms with Crippen molar-refractivity contribution in [2.24, 2.45) is 0 Å². The number of nitrogens with one attached hydrogen (secondary N) is 1. The molecule has 1 rings (SSSR count). The monoisotopic (exact) mass is 1090 g/mol. The molecule has 446 valence electrons. The lowest BCUT2D eigenvalue weighted by atomic mass is 9.99. The lowest BCUT2D eigenvalue weighted by molar-refractivity contribution is -0.305. The molecule has 8 unspecified atom stereocenters. The van der Waals surface area contributed by atoms with Crippen molar-refractivity contribution in [3.63, 3.8) is 0 Å². The molecule has 1 aliphatic rings. The zero-order valence-corrected chi connectivity index (χ0v) is 49.2. The van der Waals surface area contributed by atoms with Gasteiger partial charge in [0, 0.05) is 6.42 Å². The molecule has 0 aromatic carbocycles. The third-order valence-corrected chi connectivity index (χ3v) is 13.9. The second-order valence-electron chi connectivity index (χ2n) is 21.1. The van der Waals surface area contributed by atoms with E-state index in [0.717, 1.165) is 103 Å². The number of aliphatic hydroxyl groups is 5. The molecule has 1 fully saturated rings. The van der Waals surface area contributed by atoms with Crippen LogP contribution in [0.5, 0.6) is 0 Å². The van der Waals surface area contributed by atoms with E-state index >= 15 is 0 Å². The van der Waals surface area contributed by atoms with Crippen molar-refractivity contribution < 1.29 is 49.3 Å². The van der Waals surface area contributed by atoms with Crippen molar-refractivity contribution >= 4 is 11.9 Å². The predicted molar refractivity (Wildman–Crippen MR) is 324 cm³/mol. The lowest BCUT2D eigenvalue weighted by Gasteiger charge is -2.41. The van der Waals surface area contributed by atoms with Gasteiger partial charge in [-0.25, -0.2) is 0 Å². The van der Waals surface area contributed by atoms with Crippen LogP contribution in [0.1, 0.15) is 239 Å². The molecule has 8 atom stereocenters. The van der Waals surface area contributed by atoms with Crippen LogP contribution < -0.4 is 5.32 Å². The van der Waals surface area contributed by atoms with Crippen molar-refractivity contribution in [1.29, 1.82) is 0 Å². The van der Waals surface area contributed by atoms with Crippen LogP contribution in [-0.2, 0) is 23.8 Å². The zero-order chi connectivity index (χ0) is 56.8. The number of allylic oxidation sites excluding steroid dienone is 17. The summed E-state index contributed by atoms with van der Waals surface area (Å²) in [5, 5.41) is 56.9. The molecule has 1 saturated heterocycles. The number of aliphatic hydroxyl groups excluding tert-OH is 5. The Labute approximate surface area is 475 Å². The number of amides is 1. The first-order valence-electron chi connectivity index (χ1n) is 31.2. The standard InChI is InChI=1S/C67H113NO10/c1-4-7-10-13-16-19-22-25-27-29-31-33-35-37-40-43-46-49-52-55-62(72)78-65-64(74)63(73)61(56-69)77-67(65)76-57-58(59(70)53-50-47-44-41-38-24-21-18-15-12-9-6-3)68-66(75)60(71)54-51-48-45-42-39-36-34-32-30-28-26-23-20-17-14-11-8-5-2/h16-17,19-20,25-28,31-34,37,39-40,42,50,53,58-61,63-65,67,69-71,73-74H,4-15,18,21-24,29-30,35-36,38,41,43-49,51-52,54-57H2,1-3H3,(H,68,75)/b19-16-,20-17-,27-25-,28-26-,33-31-,34-32-,40-37-,42-39-,53-50+. The van der Waals surface area contributed by atoms with E-state index in [2.05, 4.69) is 123 Å². The second-order valence-corrected chi connectivity index (χ2v) is 21.1. The van der Waals surface area contributed by atoms with Crippen molar-refractivity contribution in [3.8, 4) is 0 Å². The molecular weight excluding hydrogens is 979 g/mol. The van der Waals surface area contributed by atoms with Crippen LogP contribution in [0, 0.1) is 0 Å². The van der Waals surface area contributed by atoms with Crippen LogP contribution in [0.2, 0.25) is 0 Å². The van der Waals surface area contributed by atoms with Crippen LogP contribution in [0.15, 0.2) is 109 Å². The summed E-state index contributed by atoms with van der Waals surface area (Å²) in [4.78, 5) is 26.5. The lowest BCUT2D eigenvalue weighted by Crippen LogP contribution is -2.61. The van der Waals surface area contributed by atoms with Crippen molar-refractivity contribution in [1.82, 2.24) is 5.32 Å². The third-order valence-electron chi connectivity index (χ3n) is 13.9. The Morgan fingerprint density at radius 2 is 0.885 bits per heavy atom. The van der Waals surface area contributed by atoms with Gasteiger partial charge < -0.3 is 45.1 Å². The Morgan fingerprint density at radius 3 is 1.35 bits per heavy atom. The highest BCUT2D eigenvalue weighted by Gasteiger charge is 2.47. The second kappa shape index (κ2) is 53.9. The van der Waals surface area contributed by atoms with Gasteiger partial charge in [-0.3, -0.25) is 9.59 Å². The SMILES string of the molecule is CCCCC/C=C\C/C=C\C/C=C\C/C=C\CCCCCC(=O)OC1C(OCC(NC(=O)C(O)CCCC/C=C\C/C=C\C/C=C\C/C=C\CCCCC)C(O)/C=C/CCCCCCCCCCCC)OC(CO)C(O)C1O. The third kappa shape index (κ3) is 41.3. The number of rotatable bonds is 51. The molecule has 0 aromatic heterocycles. The Balaban J connectivity index is 2.74. The van der Waals surface area contributed by atoms with Gasteiger partial charge in [0.25, 0.3) is 0 Å². The molecule has 0 aromatic rings. The number of hydrogen-bond acceptors (Lipinski definition) is 10. The Morgan fingerprint density at radius 1 is 0.500 bits per heavy atom. The van der Waals surface area contributed by atoms with Crippen molar-refractivity contribution in [3.05, 3.63) is 109 Å². The first-order chi connectivity index (χ1) is 38.2. The summed E-state index contributed by atoms with van der Waals surface area (Å²) in [6, 6.07) is -1.05. The van der Waals surface area contributed by atoms with Crippen LogP contribution in [0.4, 0.5) is 0 Å². The van der Waals surface area contributed by atoms with Crippen LogP contribution in [0.25, 0.3) is 0 Å². The van der Waals surface area contributed by atoms with Crippen LogP contribution in [-0.4, -0.2) is 99.6 Å². The summed E-state index contributed by atoms with van der Waals surface area (Å²) in [7, 11) is 0. The minimum Gasteiger partial charge on any atom is -0.454 e. The minimum absolute atomic E-state index is 0.0762. The molecule has 0 aliphatic carbocycles. The summed E-state index contributed by atoms with van der Waals surface area (Å²) in [5.41, 5.74) is 0. The molecule has 11 nitrogen and oxygen atoms in total. The quantitative estimate of drug-likeness (QED) is 0.0195. The number of hydrogen-bond donors (Lipinski definition) is 6. The average Bonchev–Trinajstić information content (AvgIpc) is 3.45. The van der Waals surface area contributed by atoms with E-state index in [1.54, 1.807) is 6.08 Å². The fraction of sp³-hybridized carbons (Fsp3) is 0.701. The first kappa shape index (κ1) is 72.3. The Bertz CT molecular complexity index is 1680. The van der Waals surface area contributed by atoms with Gasteiger partial charge in [-0.2, -0.15) is 0 Å². The number of carbonyl (C=O) groups excluding carboxylic acids is 2. The molecule has 11 heteroatoms. The first-order valence-corrected chi connectivity index (χ1v) is 31.2. The number of carbonyl (C=O) groups is 2. The Hall–Kier alpha value is -3.68.